The molecule has 4 heteroatoms. The average Bonchev–Trinajstić information content (AvgIpc) is 2.18. The van der Waals surface area contributed by atoms with Crippen molar-refractivity contribution in [3.63, 3.8) is 0 Å². The van der Waals surface area contributed by atoms with Crippen molar-refractivity contribution in [1.82, 2.24) is 0 Å². The molecule has 1 fully saturated rings. The number of nitrogens with zero attached hydrogens (tertiary/aromatic N) is 1. The maximum atomic E-state index is 6.30. The average molecular weight is 274 g/mol. The molecule has 17 heavy (non-hydrogen) atoms. The van der Waals surface area contributed by atoms with Crippen LogP contribution >= 0.6 is 23.2 Å². The van der Waals surface area contributed by atoms with Gasteiger partial charge >= 0.3 is 4.64 Å². The minimum absolute atomic E-state index is 0.0697. The molecule has 0 aromatic heterocycles. The van der Waals surface area contributed by atoms with Crippen LogP contribution in [0.1, 0.15) is 25.8 Å². The Morgan fingerprint density at radius 1 is 1.29 bits per heavy atom. The summed E-state index contributed by atoms with van der Waals surface area (Å²) in [7, 11) is 0. The van der Waals surface area contributed by atoms with Gasteiger partial charge in [0.1, 0.15) is 0 Å². The Hall–Kier alpha value is -0.440. The van der Waals surface area contributed by atoms with Gasteiger partial charge in [0.25, 0.3) is 0 Å². The van der Waals surface area contributed by atoms with E-state index in [0.29, 0.717) is 0 Å². The Balaban J connectivity index is 2.39. The zero-order valence-electron chi connectivity index (χ0n) is 10.3. The molecule has 0 radical (unpaired) electrons. The summed E-state index contributed by atoms with van der Waals surface area (Å²) in [6.45, 7) is 6.15. The number of halogens is 2. The monoisotopic (exact) mass is 273 g/mol. The highest BCUT2D eigenvalue weighted by Crippen LogP contribution is 2.41. The molecule has 0 saturated carbocycles. The van der Waals surface area contributed by atoms with E-state index in [-0.39, 0.29) is 12.1 Å². The number of para-hydroxylation sites is 1. The Kier molecular flexibility index (Phi) is 3.58. The molecule has 0 bridgehead atoms. The quantitative estimate of drug-likeness (QED) is 0.565. The number of hydrogen-bond donors (Lipinski definition) is 0. The number of rotatable bonds is 1. The molecule has 0 spiro atoms. The van der Waals surface area contributed by atoms with E-state index in [4.69, 9.17) is 27.9 Å². The van der Waals surface area contributed by atoms with Crippen LogP contribution in [0, 0.1) is 6.92 Å². The van der Waals surface area contributed by atoms with Crippen molar-refractivity contribution in [3.8, 4) is 0 Å². The maximum absolute atomic E-state index is 6.30. The summed E-state index contributed by atoms with van der Waals surface area (Å²) in [6, 6.07) is 8.29. The second kappa shape index (κ2) is 4.68. The van der Waals surface area contributed by atoms with Crippen molar-refractivity contribution in [2.45, 2.75) is 44.0 Å². The van der Waals surface area contributed by atoms with Gasteiger partial charge in [-0.2, -0.15) is 0 Å². The number of benzene rings is 1. The zero-order chi connectivity index (χ0) is 12.6. The lowest BCUT2D eigenvalue weighted by atomic mass is 10.1. The fourth-order valence-electron chi connectivity index (χ4n) is 2.40. The first-order chi connectivity index (χ1) is 7.92. The molecule has 0 aliphatic carbocycles. The van der Waals surface area contributed by atoms with E-state index < -0.39 is 4.64 Å². The topological polar surface area (TPSA) is 12.5 Å². The Bertz CT molecular complexity index is 408. The normalized spacial score (nSPS) is 28.2. The lowest BCUT2D eigenvalue weighted by Crippen LogP contribution is -2.54. The molecule has 1 aromatic rings. The first-order valence-electron chi connectivity index (χ1n) is 5.82. The van der Waals surface area contributed by atoms with Gasteiger partial charge in [0.2, 0.25) is 0 Å². The van der Waals surface area contributed by atoms with Crippen LogP contribution in [0.15, 0.2) is 24.3 Å². The minimum Gasteiger partial charge on any atom is -0.327 e. The number of anilines is 1. The van der Waals surface area contributed by atoms with Crippen molar-refractivity contribution in [2.75, 3.05) is 4.90 Å². The van der Waals surface area contributed by atoms with Gasteiger partial charge in [0.05, 0.1) is 6.10 Å². The highest BCUT2D eigenvalue weighted by atomic mass is 35.5. The van der Waals surface area contributed by atoms with Crippen LogP contribution in [0.5, 0.6) is 0 Å². The molecule has 1 aliphatic heterocycles. The SMILES string of the molecule is Cc1ccccc1N1C(C)CC(C)OC1(Cl)Cl. The second-order valence-electron chi connectivity index (χ2n) is 4.66. The van der Waals surface area contributed by atoms with Gasteiger partial charge in [-0.25, -0.2) is 0 Å². The Labute approximate surface area is 112 Å². The molecule has 1 aliphatic rings. The summed E-state index contributed by atoms with van der Waals surface area (Å²) in [6.07, 6.45) is 0.982. The number of aryl methyl sites for hydroxylation is 1. The predicted molar refractivity (Wildman–Crippen MR) is 72.7 cm³/mol. The van der Waals surface area contributed by atoms with Crippen molar-refractivity contribution in [3.05, 3.63) is 29.8 Å². The van der Waals surface area contributed by atoms with Gasteiger partial charge in [-0.15, -0.1) is 0 Å². The standard InChI is InChI=1S/C13H17Cl2NO/c1-9-6-4-5-7-12(9)16-10(2)8-11(3)17-13(16,14)15/h4-7,10-11H,8H2,1-3H3. The molecule has 0 amide bonds. The van der Waals surface area contributed by atoms with E-state index >= 15 is 0 Å². The van der Waals surface area contributed by atoms with E-state index in [2.05, 4.69) is 6.92 Å². The third kappa shape index (κ3) is 2.54. The van der Waals surface area contributed by atoms with Gasteiger partial charge in [-0.05, 0) is 62.0 Å². The largest absolute Gasteiger partial charge is 0.327 e. The summed E-state index contributed by atoms with van der Waals surface area (Å²) in [5.74, 6) is 0. The second-order valence-corrected chi connectivity index (χ2v) is 5.87. The molecule has 2 unspecified atom stereocenters. The van der Waals surface area contributed by atoms with Gasteiger partial charge in [0.15, 0.2) is 0 Å². The van der Waals surface area contributed by atoms with Gasteiger partial charge < -0.3 is 9.64 Å². The lowest BCUT2D eigenvalue weighted by Gasteiger charge is -2.46. The molecule has 2 nitrogen and oxygen atoms in total. The fraction of sp³-hybridized carbons (Fsp3) is 0.538. The fourth-order valence-corrected chi connectivity index (χ4v) is 3.22. The molecule has 1 saturated heterocycles. The molecule has 1 aromatic carbocycles. The van der Waals surface area contributed by atoms with Crippen LogP contribution < -0.4 is 4.90 Å². The van der Waals surface area contributed by atoms with Crippen LogP contribution in [0.3, 0.4) is 0 Å². The van der Waals surface area contributed by atoms with Crippen LogP contribution in [-0.4, -0.2) is 16.8 Å². The highest BCUT2D eigenvalue weighted by molar-refractivity contribution is 6.48. The van der Waals surface area contributed by atoms with Crippen LogP contribution in [0.4, 0.5) is 5.69 Å². The first kappa shape index (κ1) is 13.0. The third-order valence-electron chi connectivity index (χ3n) is 3.11. The van der Waals surface area contributed by atoms with Crippen LogP contribution in [0.25, 0.3) is 0 Å². The highest BCUT2D eigenvalue weighted by Gasteiger charge is 2.43. The number of ether oxygens (including phenoxy) is 1. The Morgan fingerprint density at radius 3 is 2.53 bits per heavy atom. The van der Waals surface area contributed by atoms with Gasteiger partial charge in [-0.3, -0.25) is 0 Å². The van der Waals surface area contributed by atoms with Crippen molar-refractivity contribution < 1.29 is 4.74 Å². The molecule has 2 atom stereocenters. The number of alkyl halides is 2. The van der Waals surface area contributed by atoms with Crippen molar-refractivity contribution in [2.24, 2.45) is 0 Å². The predicted octanol–water partition coefficient (Wildman–Crippen LogP) is 4.09. The smallest absolute Gasteiger partial charge is 0.301 e. The molecular weight excluding hydrogens is 257 g/mol. The Morgan fingerprint density at radius 2 is 1.94 bits per heavy atom. The van der Waals surface area contributed by atoms with Gasteiger partial charge in [-0.1, -0.05) is 18.2 Å². The van der Waals surface area contributed by atoms with Crippen LogP contribution in [-0.2, 0) is 4.74 Å². The first-order valence-corrected chi connectivity index (χ1v) is 6.58. The molecule has 0 N–H and O–H groups in total. The van der Waals surface area contributed by atoms with Gasteiger partial charge in [0, 0.05) is 11.7 Å². The summed E-state index contributed by atoms with van der Waals surface area (Å²) >= 11 is 12.6. The maximum Gasteiger partial charge on any atom is 0.301 e. The minimum atomic E-state index is -1.29. The van der Waals surface area contributed by atoms with Crippen molar-refractivity contribution in [1.29, 1.82) is 0 Å². The van der Waals surface area contributed by atoms with Crippen LogP contribution in [0.2, 0.25) is 0 Å². The summed E-state index contributed by atoms with van der Waals surface area (Å²) in [5, 5.41) is 0. The summed E-state index contributed by atoms with van der Waals surface area (Å²) in [5.41, 5.74) is 2.17. The van der Waals surface area contributed by atoms with E-state index in [9.17, 15) is 0 Å². The molecular formula is C13H17Cl2NO. The lowest BCUT2D eigenvalue weighted by molar-refractivity contribution is -0.0244. The van der Waals surface area contributed by atoms with E-state index in [1.807, 2.05) is 43.0 Å². The van der Waals surface area contributed by atoms with E-state index in [1.165, 1.54) is 0 Å². The molecule has 2 rings (SSSR count). The summed E-state index contributed by atoms with van der Waals surface area (Å²) in [4.78, 5) is 1.94. The summed E-state index contributed by atoms with van der Waals surface area (Å²) < 4.78 is 4.33. The molecule has 1 heterocycles. The number of hydrogen-bond acceptors (Lipinski definition) is 2. The van der Waals surface area contributed by atoms with E-state index in [1.54, 1.807) is 0 Å². The van der Waals surface area contributed by atoms with E-state index in [0.717, 1.165) is 17.7 Å². The zero-order valence-corrected chi connectivity index (χ0v) is 11.8. The molecule has 94 valence electrons. The van der Waals surface area contributed by atoms with Crippen molar-refractivity contribution >= 4 is 28.9 Å². The third-order valence-corrected chi connectivity index (χ3v) is 3.65.